The number of aromatic carboxylic acids is 1. The predicted octanol–water partition coefficient (Wildman–Crippen LogP) is 4.91. The Hall–Kier alpha value is -2.97. The van der Waals surface area contributed by atoms with Gasteiger partial charge in [-0.3, -0.25) is 5.10 Å². The Balaban J connectivity index is 2.37. The highest BCUT2D eigenvalue weighted by atomic mass is 19.4. The van der Waals surface area contributed by atoms with Gasteiger partial charge in [0.2, 0.25) is 0 Å². The molecule has 2 heterocycles. The highest BCUT2D eigenvalue weighted by Gasteiger charge is 2.37. The molecule has 0 unspecified atom stereocenters. The van der Waals surface area contributed by atoms with Crippen LogP contribution in [0.4, 0.5) is 17.6 Å². The van der Waals surface area contributed by atoms with E-state index in [9.17, 15) is 22.4 Å². The van der Waals surface area contributed by atoms with Gasteiger partial charge >= 0.3 is 12.1 Å². The minimum Gasteiger partial charge on any atom is -0.478 e. The molecule has 9 heteroatoms. The van der Waals surface area contributed by atoms with Crippen LogP contribution in [-0.2, 0) is 6.18 Å². The fourth-order valence-electron chi connectivity index (χ4n) is 2.99. The first kappa shape index (κ1) is 18.8. The second-order valence-corrected chi connectivity index (χ2v) is 6.46. The summed E-state index contributed by atoms with van der Waals surface area (Å²) in [6, 6.07) is 3.55. The topological polar surface area (TPSA) is 78.9 Å². The van der Waals surface area contributed by atoms with Crippen molar-refractivity contribution in [1.29, 1.82) is 0 Å². The van der Waals surface area contributed by atoms with Crippen molar-refractivity contribution < 1.29 is 27.5 Å². The summed E-state index contributed by atoms with van der Waals surface area (Å²) in [4.78, 5) is 15.4. The molecule has 5 nitrogen and oxygen atoms in total. The number of fused-ring (bicyclic) bond motifs is 1. The van der Waals surface area contributed by atoms with E-state index in [4.69, 9.17) is 5.11 Å². The largest absolute Gasteiger partial charge is 0.478 e. The molecule has 2 aromatic heterocycles. The number of carboxylic acid groups (broad SMARTS) is 1. The summed E-state index contributed by atoms with van der Waals surface area (Å²) in [6.45, 7) is 5.01. The lowest BCUT2D eigenvalue weighted by Crippen LogP contribution is -2.08. The summed E-state index contributed by atoms with van der Waals surface area (Å²) in [5.41, 5.74) is -1.04. The number of nitrogens with one attached hydrogen (secondary N) is 1. The molecule has 2 N–H and O–H groups in total. The summed E-state index contributed by atoms with van der Waals surface area (Å²) in [7, 11) is 0. The first-order valence-corrected chi connectivity index (χ1v) is 8.00. The minimum absolute atomic E-state index is 0.00718. The Bertz CT molecular complexity index is 1050. The number of aromatic nitrogens is 3. The van der Waals surface area contributed by atoms with E-state index in [1.165, 1.54) is 13.0 Å². The van der Waals surface area contributed by atoms with E-state index in [1.54, 1.807) is 13.8 Å². The van der Waals surface area contributed by atoms with E-state index in [-0.39, 0.29) is 28.4 Å². The normalized spacial score (nSPS) is 12.1. The van der Waals surface area contributed by atoms with E-state index >= 15 is 0 Å². The number of H-pyrrole nitrogens is 1. The first-order chi connectivity index (χ1) is 12.5. The molecule has 0 bridgehead atoms. The van der Waals surface area contributed by atoms with Crippen LogP contribution in [0, 0.1) is 12.7 Å². The average molecular weight is 381 g/mol. The Labute approximate surface area is 151 Å². The van der Waals surface area contributed by atoms with Crippen molar-refractivity contribution in [2.75, 3.05) is 0 Å². The molecule has 3 rings (SSSR count). The molecule has 1 aromatic carbocycles. The van der Waals surface area contributed by atoms with Gasteiger partial charge in [0.1, 0.15) is 11.5 Å². The molecular formula is C18H15F4N3O2. The monoisotopic (exact) mass is 381 g/mol. The predicted molar refractivity (Wildman–Crippen MR) is 90.1 cm³/mol. The fourth-order valence-corrected chi connectivity index (χ4v) is 2.99. The zero-order valence-electron chi connectivity index (χ0n) is 14.6. The quantitative estimate of drug-likeness (QED) is 0.632. The van der Waals surface area contributed by atoms with Gasteiger partial charge in [-0.1, -0.05) is 13.8 Å². The maximum atomic E-state index is 14.1. The molecule has 0 radical (unpaired) electrons. The lowest BCUT2D eigenvalue weighted by Gasteiger charge is -2.15. The maximum Gasteiger partial charge on any atom is 0.433 e. The van der Waals surface area contributed by atoms with E-state index in [1.807, 2.05) is 5.10 Å². The standard InChI is InChI=1S/C18H15F4N3O2/c1-7(2)9-5-14(15-8(3)24-25-16(15)18(20,21)22)23-13-6-12(19)11(17(26)27)4-10(9)13/h4-7H,1-3H3,(H,24,25)(H,26,27). The Kier molecular flexibility index (Phi) is 4.41. The number of rotatable bonds is 3. The van der Waals surface area contributed by atoms with Crippen LogP contribution in [0.2, 0.25) is 0 Å². The number of hydrogen-bond donors (Lipinski definition) is 2. The van der Waals surface area contributed by atoms with Crippen LogP contribution in [0.5, 0.6) is 0 Å². The number of carboxylic acids is 1. The number of alkyl halides is 3. The van der Waals surface area contributed by atoms with Crippen LogP contribution in [0.25, 0.3) is 22.2 Å². The highest BCUT2D eigenvalue weighted by Crippen LogP contribution is 2.39. The Morgan fingerprint density at radius 3 is 2.44 bits per heavy atom. The lowest BCUT2D eigenvalue weighted by atomic mass is 9.94. The minimum atomic E-state index is -4.66. The fraction of sp³-hybridized carbons (Fsp3) is 0.278. The van der Waals surface area contributed by atoms with Gasteiger partial charge in [-0.25, -0.2) is 14.2 Å². The van der Waals surface area contributed by atoms with Crippen molar-refractivity contribution in [3.8, 4) is 11.3 Å². The molecule has 0 saturated heterocycles. The Morgan fingerprint density at radius 2 is 1.89 bits per heavy atom. The molecule has 0 saturated carbocycles. The van der Waals surface area contributed by atoms with Gasteiger partial charge < -0.3 is 5.11 Å². The lowest BCUT2D eigenvalue weighted by molar-refractivity contribution is -0.140. The van der Waals surface area contributed by atoms with Crippen molar-refractivity contribution in [3.63, 3.8) is 0 Å². The van der Waals surface area contributed by atoms with Crippen molar-refractivity contribution in [2.45, 2.75) is 32.9 Å². The van der Waals surface area contributed by atoms with E-state index in [2.05, 4.69) is 10.1 Å². The molecule has 0 fully saturated rings. The van der Waals surface area contributed by atoms with Crippen molar-refractivity contribution in [1.82, 2.24) is 15.2 Å². The number of aromatic amines is 1. The van der Waals surface area contributed by atoms with Crippen LogP contribution < -0.4 is 0 Å². The second-order valence-electron chi connectivity index (χ2n) is 6.46. The molecule has 27 heavy (non-hydrogen) atoms. The van der Waals surface area contributed by atoms with Crippen LogP contribution in [0.3, 0.4) is 0 Å². The first-order valence-electron chi connectivity index (χ1n) is 8.00. The highest BCUT2D eigenvalue weighted by molar-refractivity contribution is 5.95. The SMILES string of the molecule is Cc1n[nH]c(C(F)(F)F)c1-c1cc(C(C)C)c2cc(C(=O)O)c(F)cc2n1. The number of hydrogen-bond acceptors (Lipinski definition) is 3. The summed E-state index contributed by atoms with van der Waals surface area (Å²) in [5.74, 6) is -2.60. The molecule has 0 spiro atoms. The summed E-state index contributed by atoms with van der Waals surface area (Å²) < 4.78 is 54.0. The molecule has 0 aliphatic heterocycles. The number of halogens is 4. The van der Waals surface area contributed by atoms with Gasteiger partial charge in [-0.15, -0.1) is 0 Å². The van der Waals surface area contributed by atoms with Crippen molar-refractivity contribution in [3.05, 3.63) is 46.5 Å². The summed E-state index contributed by atoms with van der Waals surface area (Å²) in [5, 5.41) is 15.1. The van der Waals surface area contributed by atoms with Gasteiger partial charge in [0.25, 0.3) is 0 Å². The average Bonchev–Trinajstić information content (AvgIpc) is 2.94. The number of pyridine rings is 1. The zero-order valence-corrected chi connectivity index (χ0v) is 14.6. The van der Waals surface area contributed by atoms with Gasteiger partial charge in [-0.2, -0.15) is 18.3 Å². The third-order valence-corrected chi connectivity index (χ3v) is 4.27. The van der Waals surface area contributed by atoms with Crippen molar-refractivity contribution in [2.24, 2.45) is 0 Å². The third-order valence-electron chi connectivity index (χ3n) is 4.27. The van der Waals surface area contributed by atoms with Crippen LogP contribution >= 0.6 is 0 Å². The second kappa shape index (κ2) is 6.33. The smallest absolute Gasteiger partial charge is 0.433 e. The van der Waals surface area contributed by atoms with E-state index in [0.717, 1.165) is 12.1 Å². The van der Waals surface area contributed by atoms with Crippen LogP contribution in [0.1, 0.15) is 47.1 Å². The van der Waals surface area contributed by atoms with E-state index < -0.39 is 29.2 Å². The zero-order chi connectivity index (χ0) is 20.1. The number of carbonyl (C=O) groups is 1. The number of aryl methyl sites for hydroxylation is 1. The summed E-state index contributed by atoms with van der Waals surface area (Å²) >= 11 is 0. The molecule has 0 amide bonds. The maximum absolute atomic E-state index is 14.1. The van der Waals surface area contributed by atoms with Gasteiger partial charge in [0, 0.05) is 11.5 Å². The molecule has 0 aliphatic carbocycles. The molecule has 142 valence electrons. The Morgan fingerprint density at radius 1 is 1.22 bits per heavy atom. The molecular weight excluding hydrogens is 366 g/mol. The summed E-state index contributed by atoms with van der Waals surface area (Å²) in [6.07, 6.45) is -4.66. The molecule has 0 atom stereocenters. The van der Waals surface area contributed by atoms with Gasteiger partial charge in [0.15, 0.2) is 0 Å². The van der Waals surface area contributed by atoms with Gasteiger partial charge in [0.05, 0.1) is 28.0 Å². The number of nitrogens with zero attached hydrogens (tertiary/aromatic N) is 2. The number of benzene rings is 1. The van der Waals surface area contributed by atoms with Crippen molar-refractivity contribution >= 4 is 16.9 Å². The van der Waals surface area contributed by atoms with Crippen LogP contribution in [0.15, 0.2) is 18.2 Å². The third kappa shape index (κ3) is 3.24. The molecule has 0 aliphatic rings. The van der Waals surface area contributed by atoms with Crippen LogP contribution in [-0.4, -0.2) is 26.3 Å². The molecule has 3 aromatic rings. The van der Waals surface area contributed by atoms with Gasteiger partial charge in [-0.05, 0) is 30.5 Å². The van der Waals surface area contributed by atoms with E-state index in [0.29, 0.717) is 10.9 Å².